The third-order valence-electron chi connectivity index (χ3n) is 3.15. The van der Waals surface area contributed by atoms with Crippen LogP contribution in [0.15, 0.2) is 23.1 Å². The summed E-state index contributed by atoms with van der Waals surface area (Å²) < 4.78 is 69.1. The zero-order valence-electron chi connectivity index (χ0n) is 14.3. The number of hydrogen-bond acceptors (Lipinski definition) is 6. The van der Waals surface area contributed by atoms with Crippen LogP contribution in [0.2, 0.25) is 0 Å². The van der Waals surface area contributed by atoms with Crippen molar-refractivity contribution in [1.29, 1.82) is 0 Å². The van der Waals surface area contributed by atoms with Gasteiger partial charge in [-0.1, -0.05) is 0 Å². The van der Waals surface area contributed by atoms with Crippen molar-refractivity contribution in [2.24, 2.45) is 0 Å². The number of thioether (sulfide) groups is 1. The standard InChI is InChI=1S/C15H18F3NO5S2/c1-14(2,3)23-13(20)19-6-7-25-12-5-4-11(8-10(12)9-19)24-26(21,22)15(16,17)18/h4-5,8H,6-7,9H2,1-3H3. The van der Waals surface area contributed by atoms with Crippen molar-refractivity contribution in [3.8, 4) is 5.75 Å². The molecule has 0 unspecified atom stereocenters. The molecule has 0 saturated carbocycles. The lowest BCUT2D eigenvalue weighted by Gasteiger charge is -2.26. The zero-order chi connectivity index (χ0) is 19.8. The number of rotatable bonds is 2. The zero-order valence-corrected chi connectivity index (χ0v) is 15.9. The van der Waals surface area contributed by atoms with Gasteiger partial charge in [0.05, 0.1) is 6.54 Å². The molecule has 26 heavy (non-hydrogen) atoms. The maximum absolute atomic E-state index is 12.5. The highest BCUT2D eigenvalue weighted by atomic mass is 32.2. The molecule has 1 aromatic rings. The Morgan fingerprint density at radius 2 is 1.88 bits per heavy atom. The number of amides is 1. The maximum atomic E-state index is 12.5. The van der Waals surface area contributed by atoms with Crippen LogP contribution in [0, 0.1) is 0 Å². The van der Waals surface area contributed by atoms with E-state index in [0.29, 0.717) is 17.9 Å². The van der Waals surface area contributed by atoms with E-state index in [9.17, 15) is 26.4 Å². The molecule has 2 rings (SSSR count). The Bertz CT molecular complexity index is 787. The van der Waals surface area contributed by atoms with E-state index >= 15 is 0 Å². The Hall–Kier alpha value is -1.62. The summed E-state index contributed by atoms with van der Waals surface area (Å²) in [4.78, 5) is 14.4. The van der Waals surface area contributed by atoms with Crippen molar-refractivity contribution in [1.82, 2.24) is 4.90 Å². The molecule has 1 aliphatic heterocycles. The first-order valence-electron chi connectivity index (χ1n) is 7.53. The molecule has 1 aromatic carbocycles. The molecular weight excluding hydrogens is 395 g/mol. The summed E-state index contributed by atoms with van der Waals surface area (Å²) in [5, 5.41) is 0. The summed E-state index contributed by atoms with van der Waals surface area (Å²) in [6.07, 6.45) is -0.555. The van der Waals surface area contributed by atoms with Crippen molar-refractivity contribution in [2.45, 2.75) is 43.3 Å². The Balaban J connectivity index is 2.24. The molecule has 1 amide bonds. The first-order chi connectivity index (χ1) is 11.8. The predicted octanol–water partition coefficient (Wildman–Crippen LogP) is 3.76. The van der Waals surface area contributed by atoms with E-state index in [0.717, 1.165) is 11.0 Å². The van der Waals surface area contributed by atoms with E-state index in [2.05, 4.69) is 4.18 Å². The van der Waals surface area contributed by atoms with E-state index in [1.165, 1.54) is 28.8 Å². The average Bonchev–Trinajstić information content (AvgIpc) is 2.65. The normalized spacial score (nSPS) is 15.8. The fourth-order valence-electron chi connectivity index (χ4n) is 2.08. The van der Waals surface area contributed by atoms with E-state index in [1.807, 2.05) is 0 Å². The van der Waals surface area contributed by atoms with Gasteiger partial charge in [-0.25, -0.2) is 4.79 Å². The van der Waals surface area contributed by atoms with Gasteiger partial charge in [0.15, 0.2) is 0 Å². The van der Waals surface area contributed by atoms with Crippen LogP contribution in [-0.2, 0) is 21.4 Å². The van der Waals surface area contributed by atoms with Crippen LogP contribution in [0.25, 0.3) is 0 Å². The molecule has 0 radical (unpaired) electrons. The minimum absolute atomic E-state index is 0.0700. The third-order valence-corrected chi connectivity index (χ3v) is 5.23. The van der Waals surface area contributed by atoms with Crippen molar-refractivity contribution in [3.05, 3.63) is 23.8 Å². The second-order valence-corrected chi connectivity index (χ2v) is 9.18. The van der Waals surface area contributed by atoms with Gasteiger partial charge in [0.25, 0.3) is 0 Å². The molecule has 0 bridgehead atoms. The highest BCUT2D eigenvalue weighted by Crippen LogP contribution is 2.33. The van der Waals surface area contributed by atoms with Crippen LogP contribution >= 0.6 is 11.8 Å². The number of alkyl halides is 3. The summed E-state index contributed by atoms with van der Waals surface area (Å²) in [5.74, 6) is 0.0977. The molecule has 0 aromatic heterocycles. The van der Waals surface area contributed by atoms with Gasteiger partial charge in [-0.2, -0.15) is 21.6 Å². The Kier molecular flexibility index (Phi) is 5.71. The molecular formula is C15H18F3NO5S2. The van der Waals surface area contributed by atoms with Crippen LogP contribution in [0.3, 0.4) is 0 Å². The number of benzene rings is 1. The minimum Gasteiger partial charge on any atom is -0.444 e. The monoisotopic (exact) mass is 413 g/mol. The number of fused-ring (bicyclic) bond motifs is 1. The number of nitrogens with zero attached hydrogens (tertiary/aromatic N) is 1. The average molecular weight is 413 g/mol. The van der Waals surface area contributed by atoms with Crippen molar-refractivity contribution >= 4 is 28.0 Å². The van der Waals surface area contributed by atoms with E-state index in [1.54, 1.807) is 20.8 Å². The van der Waals surface area contributed by atoms with Gasteiger partial charge in [-0.05, 0) is 44.5 Å². The molecule has 0 fully saturated rings. The van der Waals surface area contributed by atoms with Crippen molar-refractivity contribution in [2.75, 3.05) is 12.3 Å². The summed E-state index contributed by atoms with van der Waals surface area (Å²) in [6.45, 7) is 5.61. The van der Waals surface area contributed by atoms with Gasteiger partial charge in [-0.15, -0.1) is 11.8 Å². The number of halogens is 3. The largest absolute Gasteiger partial charge is 0.534 e. The molecule has 0 N–H and O–H groups in total. The van der Waals surface area contributed by atoms with E-state index in [4.69, 9.17) is 4.74 Å². The molecule has 0 atom stereocenters. The van der Waals surface area contributed by atoms with Gasteiger partial charge in [-0.3, -0.25) is 0 Å². The topological polar surface area (TPSA) is 72.9 Å². The fraction of sp³-hybridized carbons (Fsp3) is 0.533. The van der Waals surface area contributed by atoms with Crippen LogP contribution in [0.1, 0.15) is 26.3 Å². The number of carbonyl (C=O) groups excluding carboxylic acids is 1. The highest BCUT2D eigenvalue weighted by molar-refractivity contribution is 7.99. The second-order valence-electron chi connectivity index (χ2n) is 6.50. The Morgan fingerprint density at radius 3 is 2.46 bits per heavy atom. The molecule has 0 saturated heterocycles. The summed E-state index contributed by atoms with van der Waals surface area (Å²) in [7, 11) is -5.75. The molecule has 1 heterocycles. The Labute approximate surface area is 153 Å². The van der Waals surface area contributed by atoms with Crippen LogP contribution in [0.5, 0.6) is 5.75 Å². The highest BCUT2D eigenvalue weighted by Gasteiger charge is 2.48. The lowest BCUT2D eigenvalue weighted by molar-refractivity contribution is -0.0500. The Morgan fingerprint density at radius 1 is 1.23 bits per heavy atom. The van der Waals surface area contributed by atoms with Crippen molar-refractivity contribution in [3.63, 3.8) is 0 Å². The van der Waals surface area contributed by atoms with Gasteiger partial charge in [0, 0.05) is 17.2 Å². The first-order valence-corrected chi connectivity index (χ1v) is 9.92. The first kappa shape index (κ1) is 20.7. The van der Waals surface area contributed by atoms with Gasteiger partial charge in [0.2, 0.25) is 0 Å². The lowest BCUT2D eigenvalue weighted by Crippen LogP contribution is -2.37. The van der Waals surface area contributed by atoms with Gasteiger partial charge < -0.3 is 13.8 Å². The molecule has 146 valence electrons. The molecule has 0 spiro atoms. The minimum atomic E-state index is -5.75. The number of carbonyl (C=O) groups is 1. The van der Waals surface area contributed by atoms with E-state index in [-0.39, 0.29) is 6.54 Å². The third kappa shape index (κ3) is 5.19. The molecule has 6 nitrogen and oxygen atoms in total. The fourth-order valence-corrected chi connectivity index (χ4v) is 3.53. The molecule has 0 aliphatic carbocycles. The molecule has 1 aliphatic rings. The van der Waals surface area contributed by atoms with Crippen LogP contribution < -0.4 is 4.18 Å². The maximum Gasteiger partial charge on any atom is 0.534 e. The van der Waals surface area contributed by atoms with Crippen molar-refractivity contribution < 1.29 is 35.3 Å². The lowest BCUT2D eigenvalue weighted by atomic mass is 10.2. The van der Waals surface area contributed by atoms with Gasteiger partial charge in [0.1, 0.15) is 11.4 Å². The van der Waals surface area contributed by atoms with Crippen LogP contribution in [-0.4, -0.2) is 42.8 Å². The summed E-state index contributed by atoms with van der Waals surface area (Å²) in [5.41, 5.74) is -5.73. The smallest absolute Gasteiger partial charge is 0.444 e. The molecule has 11 heteroatoms. The number of ether oxygens (including phenoxy) is 1. The summed E-state index contributed by atoms with van der Waals surface area (Å²) in [6, 6.07) is 3.81. The second kappa shape index (κ2) is 7.18. The SMILES string of the molecule is CC(C)(C)OC(=O)N1CCSc2ccc(OS(=O)(=O)C(F)(F)F)cc2C1. The summed E-state index contributed by atoms with van der Waals surface area (Å²) >= 11 is 1.40. The quantitative estimate of drug-likeness (QED) is 0.543. The van der Waals surface area contributed by atoms with E-state index < -0.39 is 33.1 Å². The van der Waals surface area contributed by atoms with Gasteiger partial charge >= 0.3 is 21.7 Å². The predicted molar refractivity (Wildman–Crippen MR) is 89.4 cm³/mol. The van der Waals surface area contributed by atoms with Crippen LogP contribution in [0.4, 0.5) is 18.0 Å². The number of hydrogen-bond donors (Lipinski definition) is 0.